The van der Waals surface area contributed by atoms with Crippen LogP contribution in [0.5, 0.6) is 0 Å². The third-order valence-electron chi connectivity index (χ3n) is 4.53. The molecule has 4 aromatic rings. The van der Waals surface area contributed by atoms with Gasteiger partial charge in [0.1, 0.15) is 4.90 Å². The zero-order chi connectivity index (χ0) is 21.5. The lowest BCUT2D eigenvalue weighted by Crippen LogP contribution is -2.15. The summed E-state index contributed by atoms with van der Waals surface area (Å²) in [7, 11) is -3.98. The van der Waals surface area contributed by atoms with Crippen molar-refractivity contribution < 1.29 is 8.42 Å². The molecule has 7 nitrogen and oxygen atoms in total. The van der Waals surface area contributed by atoms with Gasteiger partial charge in [-0.3, -0.25) is 24.3 Å². The highest BCUT2D eigenvalue weighted by Crippen LogP contribution is 2.30. The molecule has 0 aliphatic rings. The van der Waals surface area contributed by atoms with E-state index in [1.807, 2.05) is 18.2 Å². The van der Waals surface area contributed by atoms with E-state index in [4.69, 9.17) is 23.2 Å². The normalized spacial score (nSPS) is 11.7. The molecule has 154 valence electrons. The number of hydrogen-bond donors (Lipinski definition) is 2. The molecule has 0 saturated heterocycles. The number of aromatic amines is 1. The zero-order valence-corrected chi connectivity index (χ0v) is 18.0. The van der Waals surface area contributed by atoms with Gasteiger partial charge < -0.3 is 0 Å². The Morgan fingerprint density at radius 1 is 1.13 bits per heavy atom. The molecule has 0 amide bonds. The van der Waals surface area contributed by atoms with E-state index in [1.54, 1.807) is 29.9 Å². The fraction of sp³-hybridized carbons (Fsp3) is 0.100. The standard InChI is InChI=1S/C20H16Cl2N4O3S/c1-12-8-13(21)9-17(22)19(12)30(28,29)25-14-5-6-18-16(10-14)20(27)24-26(18)11-15-4-2-3-7-23-15/h2-10,25H,11H2,1H3,(H,24,27). The lowest BCUT2D eigenvalue weighted by atomic mass is 10.2. The summed E-state index contributed by atoms with van der Waals surface area (Å²) >= 11 is 12.0. The maximum atomic E-state index is 12.9. The highest BCUT2D eigenvalue weighted by molar-refractivity contribution is 7.92. The Hall–Kier alpha value is -2.81. The largest absolute Gasteiger partial charge is 0.280 e. The van der Waals surface area contributed by atoms with Crippen LogP contribution < -0.4 is 10.3 Å². The molecule has 2 heterocycles. The molecule has 0 aliphatic heterocycles. The van der Waals surface area contributed by atoms with Crippen molar-refractivity contribution in [2.24, 2.45) is 0 Å². The van der Waals surface area contributed by atoms with Crippen molar-refractivity contribution in [1.29, 1.82) is 0 Å². The maximum Gasteiger partial charge on any atom is 0.272 e. The van der Waals surface area contributed by atoms with E-state index in [-0.39, 0.29) is 21.2 Å². The molecule has 2 N–H and O–H groups in total. The second-order valence-electron chi connectivity index (χ2n) is 6.72. The first-order chi connectivity index (χ1) is 14.2. The second-order valence-corrected chi connectivity index (χ2v) is 9.18. The van der Waals surface area contributed by atoms with Crippen molar-refractivity contribution >= 4 is 49.8 Å². The predicted molar refractivity (Wildman–Crippen MR) is 118 cm³/mol. The van der Waals surface area contributed by atoms with Crippen molar-refractivity contribution in [2.75, 3.05) is 4.72 Å². The number of anilines is 1. The zero-order valence-electron chi connectivity index (χ0n) is 15.7. The monoisotopic (exact) mass is 462 g/mol. The van der Waals surface area contributed by atoms with Gasteiger partial charge in [0.15, 0.2) is 0 Å². The minimum atomic E-state index is -3.98. The molecule has 2 aromatic heterocycles. The van der Waals surface area contributed by atoms with Crippen LogP contribution in [0.2, 0.25) is 10.0 Å². The summed E-state index contributed by atoms with van der Waals surface area (Å²) in [5, 5.41) is 3.47. The molecule has 2 aromatic carbocycles. The Morgan fingerprint density at radius 3 is 2.63 bits per heavy atom. The summed E-state index contributed by atoms with van der Waals surface area (Å²) in [6.07, 6.45) is 1.68. The number of rotatable bonds is 5. The Bertz CT molecular complexity index is 1390. The van der Waals surface area contributed by atoms with Gasteiger partial charge in [-0.15, -0.1) is 0 Å². The third kappa shape index (κ3) is 3.94. The Balaban J connectivity index is 1.70. The van der Waals surface area contributed by atoms with Gasteiger partial charge in [-0.05, 0) is 55.0 Å². The minimum absolute atomic E-state index is 0.0212. The number of pyridine rings is 1. The lowest BCUT2D eigenvalue weighted by Gasteiger charge is -2.12. The molecule has 4 rings (SSSR count). The number of nitrogens with zero attached hydrogens (tertiary/aromatic N) is 2. The fourth-order valence-corrected chi connectivity index (χ4v) is 5.51. The van der Waals surface area contributed by atoms with Crippen LogP contribution in [0, 0.1) is 6.92 Å². The summed E-state index contributed by atoms with van der Waals surface area (Å²) in [6.45, 7) is 1.99. The van der Waals surface area contributed by atoms with E-state index < -0.39 is 10.0 Å². The molecule has 0 fully saturated rings. The van der Waals surface area contributed by atoms with Crippen LogP contribution in [-0.4, -0.2) is 23.2 Å². The van der Waals surface area contributed by atoms with Crippen LogP contribution in [0.25, 0.3) is 10.9 Å². The quantitative estimate of drug-likeness (QED) is 0.464. The van der Waals surface area contributed by atoms with E-state index in [0.29, 0.717) is 28.0 Å². The van der Waals surface area contributed by atoms with Crippen molar-refractivity contribution in [1.82, 2.24) is 14.8 Å². The molecule has 0 radical (unpaired) electrons. The number of H-pyrrole nitrogens is 1. The molecule has 30 heavy (non-hydrogen) atoms. The van der Waals surface area contributed by atoms with Gasteiger partial charge in [0.25, 0.3) is 15.6 Å². The number of fused-ring (bicyclic) bond motifs is 1. The number of sulfonamides is 1. The molecular formula is C20H16Cl2N4O3S. The van der Waals surface area contributed by atoms with E-state index >= 15 is 0 Å². The summed E-state index contributed by atoms with van der Waals surface area (Å²) in [6, 6.07) is 13.2. The number of aryl methyl sites for hydroxylation is 1. The molecule has 0 unspecified atom stereocenters. The highest BCUT2D eigenvalue weighted by Gasteiger charge is 2.22. The Labute approximate surface area is 182 Å². The molecule has 0 atom stereocenters. The first-order valence-electron chi connectivity index (χ1n) is 8.85. The number of benzene rings is 2. The first kappa shape index (κ1) is 20.5. The lowest BCUT2D eigenvalue weighted by molar-refractivity contribution is 0.600. The van der Waals surface area contributed by atoms with Crippen molar-refractivity contribution in [3.63, 3.8) is 0 Å². The van der Waals surface area contributed by atoms with Gasteiger partial charge in [-0.25, -0.2) is 8.42 Å². The second kappa shape index (κ2) is 7.79. The fourth-order valence-electron chi connectivity index (χ4n) is 3.27. The van der Waals surface area contributed by atoms with Crippen molar-refractivity contribution in [3.8, 4) is 0 Å². The van der Waals surface area contributed by atoms with Gasteiger partial charge in [0.05, 0.1) is 28.2 Å². The SMILES string of the molecule is Cc1cc(Cl)cc(Cl)c1S(=O)(=O)Nc1ccc2c(c1)c(=O)[nH]n2Cc1ccccn1. The van der Waals surface area contributed by atoms with Crippen LogP contribution in [0.15, 0.2) is 64.4 Å². The summed E-state index contributed by atoms with van der Waals surface area (Å²) < 4.78 is 29.9. The summed E-state index contributed by atoms with van der Waals surface area (Å²) in [4.78, 5) is 16.6. The van der Waals surface area contributed by atoms with Crippen LogP contribution in [0.3, 0.4) is 0 Å². The van der Waals surface area contributed by atoms with Crippen molar-refractivity contribution in [3.05, 3.63) is 86.4 Å². The van der Waals surface area contributed by atoms with Gasteiger partial charge in [-0.2, -0.15) is 0 Å². The van der Waals surface area contributed by atoms with Gasteiger partial charge in [-0.1, -0.05) is 29.3 Å². The van der Waals surface area contributed by atoms with Crippen molar-refractivity contribution in [2.45, 2.75) is 18.4 Å². The van der Waals surface area contributed by atoms with Crippen LogP contribution in [-0.2, 0) is 16.6 Å². The van der Waals surface area contributed by atoms with E-state index in [9.17, 15) is 13.2 Å². The van der Waals surface area contributed by atoms with Crippen LogP contribution in [0.4, 0.5) is 5.69 Å². The minimum Gasteiger partial charge on any atom is -0.280 e. The molecule has 0 bridgehead atoms. The van der Waals surface area contributed by atoms with Gasteiger partial charge >= 0.3 is 0 Å². The molecule has 0 saturated carbocycles. The third-order valence-corrected chi connectivity index (χ3v) is 6.74. The summed E-state index contributed by atoms with van der Waals surface area (Å²) in [5.74, 6) is 0. The average molecular weight is 463 g/mol. The number of aromatic nitrogens is 3. The predicted octanol–water partition coefficient (Wildman–Crippen LogP) is 4.19. The van der Waals surface area contributed by atoms with E-state index in [0.717, 1.165) is 5.69 Å². The number of halogens is 2. The molecule has 0 spiro atoms. The maximum absolute atomic E-state index is 12.9. The molecule has 10 heteroatoms. The number of hydrogen-bond acceptors (Lipinski definition) is 4. The molecular weight excluding hydrogens is 447 g/mol. The Morgan fingerprint density at radius 2 is 1.93 bits per heavy atom. The average Bonchev–Trinajstić information content (AvgIpc) is 2.96. The van der Waals surface area contributed by atoms with Crippen LogP contribution in [0.1, 0.15) is 11.3 Å². The van der Waals surface area contributed by atoms with Gasteiger partial charge in [0, 0.05) is 16.9 Å². The highest BCUT2D eigenvalue weighted by atomic mass is 35.5. The molecule has 0 aliphatic carbocycles. The van der Waals surface area contributed by atoms with E-state index in [1.165, 1.54) is 18.2 Å². The topological polar surface area (TPSA) is 96.9 Å². The van der Waals surface area contributed by atoms with Gasteiger partial charge in [0.2, 0.25) is 0 Å². The smallest absolute Gasteiger partial charge is 0.272 e. The first-order valence-corrected chi connectivity index (χ1v) is 11.1. The number of nitrogens with one attached hydrogen (secondary N) is 2. The summed E-state index contributed by atoms with van der Waals surface area (Å²) in [5.41, 5.74) is 1.75. The Kier molecular flexibility index (Phi) is 5.31. The van der Waals surface area contributed by atoms with E-state index in [2.05, 4.69) is 14.8 Å². The van der Waals surface area contributed by atoms with Crippen LogP contribution >= 0.6 is 23.2 Å².